The summed E-state index contributed by atoms with van der Waals surface area (Å²) in [5, 5.41) is 5.83. The van der Waals surface area contributed by atoms with Crippen LogP contribution in [0.3, 0.4) is 0 Å². The van der Waals surface area contributed by atoms with Crippen molar-refractivity contribution in [1.29, 1.82) is 0 Å². The molecule has 0 bridgehead atoms. The van der Waals surface area contributed by atoms with Crippen LogP contribution in [-0.2, 0) is 6.42 Å². The number of amides is 1. The molecule has 1 fully saturated rings. The van der Waals surface area contributed by atoms with E-state index in [1.165, 1.54) is 11.3 Å². The second-order valence-corrected chi connectivity index (χ2v) is 6.66. The molecule has 1 aliphatic rings. The van der Waals surface area contributed by atoms with Crippen LogP contribution in [0.15, 0.2) is 39.8 Å². The number of pyridine rings is 1. The first-order valence-corrected chi connectivity index (χ1v) is 9.18. The normalized spacial score (nSPS) is 17.1. The molecule has 0 radical (unpaired) electrons. The summed E-state index contributed by atoms with van der Waals surface area (Å²) in [5.74, 6) is 1.09. The maximum Gasteiger partial charge on any atom is 0.276 e. The minimum atomic E-state index is 0.0195. The number of aromatic nitrogens is 4. The quantitative estimate of drug-likeness (QED) is 0.700. The first-order valence-electron chi connectivity index (χ1n) is 8.24. The molecule has 128 valence electrons. The Labute approximate surface area is 148 Å². The maximum absolute atomic E-state index is 12.5. The van der Waals surface area contributed by atoms with Gasteiger partial charge in [0, 0.05) is 30.6 Å². The van der Waals surface area contributed by atoms with Crippen molar-refractivity contribution in [3.05, 3.63) is 46.8 Å². The Morgan fingerprint density at radius 1 is 1.36 bits per heavy atom. The van der Waals surface area contributed by atoms with Gasteiger partial charge < -0.3 is 9.42 Å². The van der Waals surface area contributed by atoms with E-state index < -0.39 is 0 Å². The average molecular weight is 355 g/mol. The second-order valence-electron chi connectivity index (χ2n) is 5.94. The molecule has 1 atom stereocenters. The third-order valence-electron chi connectivity index (χ3n) is 4.34. The number of carbonyl (C=O) groups excluding carboxylic acids is 1. The van der Waals surface area contributed by atoms with Gasteiger partial charge >= 0.3 is 0 Å². The fourth-order valence-electron chi connectivity index (χ4n) is 3.11. The first-order chi connectivity index (χ1) is 12.3. The molecule has 0 saturated carbocycles. The summed E-state index contributed by atoms with van der Waals surface area (Å²) in [5.41, 5.74) is 2.90. The molecular formula is C17H17N5O2S. The lowest BCUT2D eigenvalue weighted by molar-refractivity contribution is 0.0725. The van der Waals surface area contributed by atoms with Crippen LogP contribution in [0.1, 0.15) is 35.6 Å². The fourth-order valence-corrected chi connectivity index (χ4v) is 3.64. The number of nitrogens with zero attached hydrogens (tertiary/aromatic N) is 5. The Morgan fingerprint density at radius 2 is 2.32 bits per heavy atom. The number of thiazole rings is 1. The Morgan fingerprint density at radius 3 is 3.12 bits per heavy atom. The molecule has 4 rings (SSSR count). The SMILES string of the molecule is O=C(c1cscn1)N1CCCC1CCc1noc(-c2ccccn2)n1. The minimum Gasteiger partial charge on any atom is -0.334 e. The summed E-state index contributed by atoms with van der Waals surface area (Å²) in [4.78, 5) is 27.2. The molecule has 0 aromatic carbocycles. The molecule has 7 nitrogen and oxygen atoms in total. The molecule has 4 heterocycles. The van der Waals surface area contributed by atoms with Crippen LogP contribution in [0.4, 0.5) is 0 Å². The van der Waals surface area contributed by atoms with E-state index in [1.807, 2.05) is 23.1 Å². The molecule has 1 aliphatic heterocycles. The summed E-state index contributed by atoms with van der Waals surface area (Å²) < 4.78 is 5.29. The lowest BCUT2D eigenvalue weighted by Crippen LogP contribution is -2.36. The largest absolute Gasteiger partial charge is 0.334 e. The number of hydrogen-bond donors (Lipinski definition) is 0. The van der Waals surface area contributed by atoms with Gasteiger partial charge in [0.2, 0.25) is 0 Å². The van der Waals surface area contributed by atoms with E-state index in [2.05, 4.69) is 20.1 Å². The molecule has 8 heteroatoms. The van der Waals surface area contributed by atoms with Gasteiger partial charge in [-0.2, -0.15) is 4.98 Å². The molecule has 3 aromatic rings. The number of hydrogen-bond acceptors (Lipinski definition) is 7. The first kappa shape index (κ1) is 15.9. The Kier molecular flexibility index (Phi) is 4.51. The zero-order chi connectivity index (χ0) is 17.1. The van der Waals surface area contributed by atoms with Crippen LogP contribution in [0.2, 0.25) is 0 Å². The lowest BCUT2D eigenvalue weighted by atomic mass is 10.1. The van der Waals surface area contributed by atoms with Gasteiger partial charge in [-0.25, -0.2) is 4.98 Å². The molecule has 1 saturated heterocycles. The zero-order valence-corrected chi connectivity index (χ0v) is 14.4. The Hall–Kier alpha value is -2.61. The van der Waals surface area contributed by atoms with Crippen LogP contribution in [-0.4, -0.2) is 43.5 Å². The van der Waals surface area contributed by atoms with Crippen molar-refractivity contribution in [1.82, 2.24) is 25.0 Å². The van der Waals surface area contributed by atoms with Gasteiger partial charge in [-0.15, -0.1) is 11.3 Å². The van der Waals surface area contributed by atoms with Gasteiger partial charge in [-0.1, -0.05) is 11.2 Å². The summed E-state index contributed by atoms with van der Waals surface area (Å²) in [6.07, 6.45) is 5.20. The van der Waals surface area contributed by atoms with Gasteiger partial charge in [-0.3, -0.25) is 9.78 Å². The predicted octanol–water partition coefficient (Wildman–Crippen LogP) is 2.83. The highest BCUT2D eigenvalue weighted by Crippen LogP contribution is 2.24. The molecule has 1 unspecified atom stereocenters. The number of aryl methyl sites for hydroxylation is 1. The van der Waals surface area contributed by atoms with E-state index in [9.17, 15) is 4.79 Å². The smallest absolute Gasteiger partial charge is 0.276 e. The Balaban J connectivity index is 1.39. The van der Waals surface area contributed by atoms with E-state index >= 15 is 0 Å². The van der Waals surface area contributed by atoms with Gasteiger partial charge in [0.15, 0.2) is 5.82 Å². The van der Waals surface area contributed by atoms with Crippen molar-refractivity contribution in [3.63, 3.8) is 0 Å². The molecular weight excluding hydrogens is 338 g/mol. The van der Waals surface area contributed by atoms with Gasteiger partial charge in [0.1, 0.15) is 11.4 Å². The second kappa shape index (κ2) is 7.10. The fraction of sp³-hybridized carbons (Fsp3) is 0.353. The summed E-state index contributed by atoms with van der Waals surface area (Å²) in [7, 11) is 0. The predicted molar refractivity (Wildman–Crippen MR) is 92.0 cm³/mol. The van der Waals surface area contributed by atoms with E-state index in [-0.39, 0.29) is 11.9 Å². The average Bonchev–Trinajstić information content (AvgIpc) is 3.41. The molecule has 3 aromatic heterocycles. The molecule has 0 spiro atoms. The topological polar surface area (TPSA) is 85.0 Å². The molecule has 0 aliphatic carbocycles. The third kappa shape index (κ3) is 3.43. The van der Waals surface area contributed by atoms with E-state index in [1.54, 1.807) is 17.1 Å². The van der Waals surface area contributed by atoms with Crippen LogP contribution in [0.5, 0.6) is 0 Å². The summed E-state index contributed by atoms with van der Waals surface area (Å²) >= 11 is 1.44. The van der Waals surface area contributed by atoms with Crippen molar-refractivity contribution >= 4 is 17.2 Å². The van der Waals surface area contributed by atoms with E-state index in [0.29, 0.717) is 29.5 Å². The van der Waals surface area contributed by atoms with Crippen molar-refractivity contribution in [2.75, 3.05) is 6.54 Å². The van der Waals surface area contributed by atoms with Crippen molar-refractivity contribution in [2.24, 2.45) is 0 Å². The minimum absolute atomic E-state index is 0.0195. The third-order valence-corrected chi connectivity index (χ3v) is 4.93. The van der Waals surface area contributed by atoms with Gasteiger partial charge in [0.05, 0.1) is 5.51 Å². The Bertz CT molecular complexity index is 834. The van der Waals surface area contributed by atoms with Crippen molar-refractivity contribution < 1.29 is 9.32 Å². The van der Waals surface area contributed by atoms with E-state index in [4.69, 9.17) is 4.52 Å². The highest BCUT2D eigenvalue weighted by Gasteiger charge is 2.30. The number of rotatable bonds is 5. The van der Waals surface area contributed by atoms with Crippen LogP contribution in [0, 0.1) is 0 Å². The van der Waals surface area contributed by atoms with Gasteiger partial charge in [0.25, 0.3) is 11.8 Å². The standard InChI is InChI=1S/C17H17N5O2S/c23-17(14-10-25-11-19-14)22-9-3-4-12(22)6-7-15-20-16(24-21-15)13-5-1-2-8-18-13/h1-2,5,8,10-12H,3-4,6-7,9H2. The summed E-state index contributed by atoms with van der Waals surface area (Å²) in [6, 6.07) is 5.76. The molecule has 0 N–H and O–H groups in total. The monoisotopic (exact) mass is 355 g/mol. The molecule has 1 amide bonds. The highest BCUT2D eigenvalue weighted by atomic mass is 32.1. The number of carbonyl (C=O) groups is 1. The zero-order valence-electron chi connectivity index (χ0n) is 13.5. The number of likely N-dealkylation sites (tertiary alicyclic amines) is 1. The molecule has 25 heavy (non-hydrogen) atoms. The highest BCUT2D eigenvalue weighted by molar-refractivity contribution is 7.07. The van der Waals surface area contributed by atoms with Crippen LogP contribution in [0.25, 0.3) is 11.6 Å². The van der Waals surface area contributed by atoms with Crippen molar-refractivity contribution in [2.45, 2.75) is 31.7 Å². The van der Waals surface area contributed by atoms with E-state index in [0.717, 1.165) is 25.8 Å². The lowest BCUT2D eigenvalue weighted by Gasteiger charge is -2.23. The van der Waals surface area contributed by atoms with Crippen LogP contribution >= 0.6 is 11.3 Å². The van der Waals surface area contributed by atoms with Gasteiger partial charge in [-0.05, 0) is 31.4 Å². The van der Waals surface area contributed by atoms with Crippen molar-refractivity contribution in [3.8, 4) is 11.6 Å². The maximum atomic E-state index is 12.5. The van der Waals surface area contributed by atoms with Crippen LogP contribution < -0.4 is 0 Å². The summed E-state index contributed by atoms with van der Waals surface area (Å²) in [6.45, 7) is 0.784.